The molecule has 1 nitrogen and oxygen atoms in total. The van der Waals surface area contributed by atoms with Crippen molar-refractivity contribution in [3.63, 3.8) is 0 Å². The second-order valence-electron chi connectivity index (χ2n) is 15.5. The van der Waals surface area contributed by atoms with Crippen LogP contribution in [-0.4, -0.2) is 14.4 Å². The van der Waals surface area contributed by atoms with Crippen molar-refractivity contribution in [2.75, 3.05) is 0 Å². The fourth-order valence-corrected chi connectivity index (χ4v) is 11.8. The van der Waals surface area contributed by atoms with Gasteiger partial charge in [-0.1, -0.05) is 61.3 Å². The van der Waals surface area contributed by atoms with Gasteiger partial charge in [0.1, 0.15) is 0 Å². The number of hydrogen-bond acceptors (Lipinski definition) is 1. The Morgan fingerprint density at radius 3 is 2.17 bits per heavy atom. The molecular formula is C33H62OSi. The van der Waals surface area contributed by atoms with Gasteiger partial charge in [0.25, 0.3) is 0 Å². The van der Waals surface area contributed by atoms with E-state index in [4.69, 9.17) is 4.43 Å². The Labute approximate surface area is 221 Å². The number of rotatable bonds is 9. The van der Waals surface area contributed by atoms with Crippen LogP contribution in [0.5, 0.6) is 0 Å². The molecule has 4 saturated carbocycles. The van der Waals surface area contributed by atoms with E-state index < -0.39 is 8.32 Å². The van der Waals surface area contributed by atoms with E-state index >= 15 is 0 Å². The van der Waals surface area contributed by atoms with Crippen molar-refractivity contribution in [1.82, 2.24) is 0 Å². The lowest BCUT2D eigenvalue weighted by Gasteiger charge is -2.61. The minimum atomic E-state index is -1.45. The molecule has 0 aromatic heterocycles. The van der Waals surface area contributed by atoms with E-state index in [0.29, 0.717) is 16.9 Å². The molecular weight excluding hydrogens is 440 g/mol. The molecule has 4 aliphatic carbocycles. The standard InChI is InChI=1S/C33H62OSi/c1-10-25(23(3)4)13-12-24(5)29-16-17-30-28-15-14-26-22-27(34-35(8,9)11-2)18-20-32(26,6)31(28)19-21-33(29,30)7/h23-31H,10-22H2,1-9H3/t24?,25-,26+,27+,28?,29?,30?,31?,32?,33?/m1/s1. The first kappa shape index (κ1) is 28.2. The van der Waals surface area contributed by atoms with Crippen molar-refractivity contribution < 1.29 is 4.43 Å². The number of fused-ring (bicyclic) bond motifs is 5. The van der Waals surface area contributed by atoms with Gasteiger partial charge in [0.15, 0.2) is 8.32 Å². The van der Waals surface area contributed by atoms with Crippen LogP contribution in [0, 0.1) is 58.2 Å². The highest BCUT2D eigenvalue weighted by Crippen LogP contribution is 2.68. The lowest BCUT2D eigenvalue weighted by Crippen LogP contribution is -2.54. The van der Waals surface area contributed by atoms with Gasteiger partial charge in [0.05, 0.1) is 0 Å². The zero-order chi connectivity index (χ0) is 25.6. The summed E-state index contributed by atoms with van der Waals surface area (Å²) in [6.07, 6.45) is 18.1. The van der Waals surface area contributed by atoms with Crippen molar-refractivity contribution in [2.45, 2.75) is 151 Å². The van der Waals surface area contributed by atoms with Gasteiger partial charge in [-0.05, 0) is 142 Å². The quantitative estimate of drug-likeness (QED) is 0.285. The Hall–Kier alpha value is 0.177. The summed E-state index contributed by atoms with van der Waals surface area (Å²) in [4.78, 5) is 0. The van der Waals surface area contributed by atoms with Crippen LogP contribution in [0.1, 0.15) is 126 Å². The molecule has 0 heterocycles. The summed E-state index contributed by atoms with van der Waals surface area (Å²) in [5, 5.41) is 0. The summed E-state index contributed by atoms with van der Waals surface area (Å²) < 4.78 is 6.79. The van der Waals surface area contributed by atoms with Gasteiger partial charge in [0, 0.05) is 6.10 Å². The van der Waals surface area contributed by atoms with E-state index in [-0.39, 0.29) is 0 Å². The maximum atomic E-state index is 6.79. The van der Waals surface area contributed by atoms with Crippen LogP contribution in [0.15, 0.2) is 0 Å². The molecule has 204 valence electrons. The van der Waals surface area contributed by atoms with Crippen LogP contribution in [0.4, 0.5) is 0 Å². The zero-order valence-electron chi connectivity index (χ0n) is 25.3. The third kappa shape index (κ3) is 5.37. The van der Waals surface area contributed by atoms with Gasteiger partial charge >= 0.3 is 0 Å². The average molecular weight is 503 g/mol. The lowest BCUT2D eigenvalue weighted by molar-refractivity contribution is -0.127. The Bertz CT molecular complexity index is 701. The smallest absolute Gasteiger partial charge is 0.186 e. The monoisotopic (exact) mass is 502 g/mol. The summed E-state index contributed by atoms with van der Waals surface area (Å²) >= 11 is 0. The number of hydrogen-bond donors (Lipinski definition) is 0. The third-order valence-corrected chi connectivity index (χ3v) is 15.8. The SMILES string of the molecule is CC[C@H](CCC(C)C1CCC2C3CC[C@H]4C[C@@H](O[Si](C)(C)CC)CCC4(C)C3CCC12C)C(C)C. The molecule has 2 heteroatoms. The van der Waals surface area contributed by atoms with Gasteiger partial charge in [-0.25, -0.2) is 0 Å². The van der Waals surface area contributed by atoms with Crippen molar-refractivity contribution in [2.24, 2.45) is 58.2 Å². The molecule has 0 aromatic rings. The van der Waals surface area contributed by atoms with Gasteiger partial charge < -0.3 is 4.43 Å². The maximum absolute atomic E-state index is 6.79. The summed E-state index contributed by atoms with van der Waals surface area (Å²) in [7, 11) is -1.45. The molecule has 0 N–H and O–H groups in total. The molecule has 0 bridgehead atoms. The zero-order valence-corrected chi connectivity index (χ0v) is 26.3. The van der Waals surface area contributed by atoms with E-state index in [9.17, 15) is 0 Å². The van der Waals surface area contributed by atoms with Crippen LogP contribution in [0.3, 0.4) is 0 Å². The van der Waals surface area contributed by atoms with Gasteiger partial charge in [-0.15, -0.1) is 0 Å². The Morgan fingerprint density at radius 1 is 0.829 bits per heavy atom. The first-order valence-corrected chi connectivity index (χ1v) is 19.2. The Morgan fingerprint density at radius 2 is 1.51 bits per heavy atom. The van der Waals surface area contributed by atoms with Crippen LogP contribution in [0.2, 0.25) is 19.1 Å². The maximum Gasteiger partial charge on any atom is 0.186 e. The molecule has 35 heavy (non-hydrogen) atoms. The minimum absolute atomic E-state index is 0.564. The molecule has 7 unspecified atom stereocenters. The molecule has 4 rings (SSSR count). The van der Waals surface area contributed by atoms with Crippen molar-refractivity contribution in [3.8, 4) is 0 Å². The van der Waals surface area contributed by atoms with Crippen LogP contribution in [-0.2, 0) is 4.43 Å². The van der Waals surface area contributed by atoms with Crippen molar-refractivity contribution in [3.05, 3.63) is 0 Å². The molecule has 0 aliphatic heterocycles. The van der Waals surface area contributed by atoms with E-state index in [1.165, 1.54) is 83.1 Å². The molecule has 0 radical (unpaired) electrons. The summed E-state index contributed by atoms with van der Waals surface area (Å²) in [5.74, 6) is 7.63. The Kier molecular flexibility index (Phi) is 8.65. The second-order valence-corrected chi connectivity index (χ2v) is 19.9. The molecule has 4 fully saturated rings. The first-order valence-electron chi connectivity index (χ1n) is 16.1. The largest absolute Gasteiger partial charge is 0.414 e. The molecule has 0 aromatic carbocycles. The van der Waals surface area contributed by atoms with Gasteiger partial charge in [-0.2, -0.15) is 0 Å². The molecule has 0 amide bonds. The molecule has 4 aliphatic rings. The fraction of sp³-hybridized carbons (Fsp3) is 1.00. The molecule has 0 spiro atoms. The van der Waals surface area contributed by atoms with Crippen LogP contribution < -0.4 is 0 Å². The van der Waals surface area contributed by atoms with E-state index in [1.807, 2.05) is 0 Å². The molecule has 0 saturated heterocycles. The molecule has 10 atom stereocenters. The summed E-state index contributed by atoms with van der Waals surface area (Å²) in [6.45, 7) is 22.6. The van der Waals surface area contributed by atoms with E-state index in [0.717, 1.165) is 47.3 Å². The highest BCUT2D eigenvalue weighted by atomic mass is 28.4. The average Bonchev–Trinajstić information content (AvgIpc) is 3.16. The van der Waals surface area contributed by atoms with Gasteiger partial charge in [-0.3, -0.25) is 0 Å². The summed E-state index contributed by atoms with van der Waals surface area (Å²) in [6, 6.07) is 1.26. The van der Waals surface area contributed by atoms with Crippen molar-refractivity contribution in [1.29, 1.82) is 0 Å². The van der Waals surface area contributed by atoms with E-state index in [2.05, 4.69) is 61.6 Å². The van der Waals surface area contributed by atoms with E-state index in [1.54, 1.807) is 0 Å². The highest BCUT2D eigenvalue weighted by molar-refractivity contribution is 6.71. The third-order valence-electron chi connectivity index (χ3n) is 13.2. The van der Waals surface area contributed by atoms with Gasteiger partial charge in [0.2, 0.25) is 0 Å². The normalized spacial score (nSPS) is 43.4. The van der Waals surface area contributed by atoms with Crippen LogP contribution >= 0.6 is 0 Å². The fourth-order valence-electron chi connectivity index (χ4n) is 10.5. The predicted molar refractivity (Wildman–Crippen MR) is 155 cm³/mol. The predicted octanol–water partition coefficient (Wildman–Crippen LogP) is 10.4. The first-order chi connectivity index (χ1) is 16.4. The van der Waals surface area contributed by atoms with Crippen molar-refractivity contribution >= 4 is 8.32 Å². The van der Waals surface area contributed by atoms with Crippen LogP contribution in [0.25, 0.3) is 0 Å². The highest BCUT2D eigenvalue weighted by Gasteiger charge is 2.60. The second kappa shape index (κ2) is 10.7. The minimum Gasteiger partial charge on any atom is -0.414 e. The Balaban J connectivity index is 1.41. The topological polar surface area (TPSA) is 9.23 Å². The summed E-state index contributed by atoms with van der Waals surface area (Å²) in [5.41, 5.74) is 1.22. The lowest BCUT2D eigenvalue weighted by atomic mass is 9.44.